The number of carbonyl (C=O) groups is 3. The van der Waals surface area contributed by atoms with Gasteiger partial charge in [0.15, 0.2) is 0 Å². The van der Waals surface area contributed by atoms with Crippen molar-refractivity contribution in [1.82, 2.24) is 15.1 Å². The van der Waals surface area contributed by atoms with Gasteiger partial charge in [0.25, 0.3) is 5.91 Å². The van der Waals surface area contributed by atoms with Crippen molar-refractivity contribution >= 4 is 35.0 Å². The van der Waals surface area contributed by atoms with Crippen LogP contribution in [0.2, 0.25) is 5.02 Å². The van der Waals surface area contributed by atoms with Gasteiger partial charge in [-0.25, -0.2) is 0 Å². The van der Waals surface area contributed by atoms with Crippen molar-refractivity contribution in [2.75, 3.05) is 45.6 Å². The summed E-state index contributed by atoms with van der Waals surface area (Å²) >= 11 is 5.97. The van der Waals surface area contributed by atoms with E-state index in [1.807, 2.05) is 0 Å². The van der Waals surface area contributed by atoms with Gasteiger partial charge >= 0.3 is 0 Å². The minimum Gasteiger partial charge on any atom is -0.375 e. The van der Waals surface area contributed by atoms with E-state index in [1.165, 1.54) is 9.80 Å². The van der Waals surface area contributed by atoms with Crippen LogP contribution in [-0.2, 0) is 9.59 Å². The summed E-state index contributed by atoms with van der Waals surface area (Å²) in [7, 11) is 3.30. The molecule has 0 aromatic heterocycles. The first kappa shape index (κ1) is 17.1. The van der Waals surface area contributed by atoms with Crippen LogP contribution in [0.5, 0.6) is 0 Å². The molecule has 0 atom stereocenters. The van der Waals surface area contributed by atoms with Gasteiger partial charge in [0.05, 0.1) is 18.7 Å². The third-order valence-corrected chi connectivity index (χ3v) is 3.67. The summed E-state index contributed by atoms with van der Waals surface area (Å²) in [5, 5.41) is 6.08. The van der Waals surface area contributed by atoms with E-state index in [2.05, 4.69) is 10.6 Å². The summed E-state index contributed by atoms with van der Waals surface area (Å²) in [5.74, 6) is -0.562. The van der Waals surface area contributed by atoms with Crippen LogP contribution in [0.1, 0.15) is 10.4 Å². The minimum absolute atomic E-state index is 0.0126. The van der Waals surface area contributed by atoms with Gasteiger partial charge in [0.1, 0.15) is 0 Å². The molecule has 1 aliphatic heterocycles. The molecule has 1 aromatic carbocycles. The molecule has 0 saturated carbocycles. The van der Waals surface area contributed by atoms with Gasteiger partial charge in [0.2, 0.25) is 11.8 Å². The van der Waals surface area contributed by atoms with Crippen LogP contribution < -0.4 is 10.6 Å². The zero-order valence-electron chi connectivity index (χ0n) is 13.1. The molecule has 0 unspecified atom stereocenters. The second-order valence-corrected chi connectivity index (χ2v) is 5.84. The predicted octanol–water partition coefficient (Wildman–Crippen LogP) is 0.412. The fraction of sp³-hybridized carbons (Fsp3) is 0.400. The van der Waals surface area contributed by atoms with Crippen molar-refractivity contribution in [3.8, 4) is 0 Å². The first-order valence-electron chi connectivity index (χ1n) is 7.18. The Labute approximate surface area is 139 Å². The second kappa shape index (κ2) is 7.32. The number of hydrogen-bond acceptors (Lipinski definition) is 4. The van der Waals surface area contributed by atoms with E-state index in [-0.39, 0.29) is 30.8 Å². The van der Waals surface area contributed by atoms with Gasteiger partial charge in [-0.1, -0.05) is 11.6 Å². The topological polar surface area (TPSA) is 81.8 Å². The lowest BCUT2D eigenvalue weighted by Gasteiger charge is -2.27. The van der Waals surface area contributed by atoms with E-state index in [4.69, 9.17) is 11.6 Å². The molecule has 0 bridgehead atoms. The number of rotatable bonds is 4. The molecular formula is C15H19ClN4O3. The molecule has 0 spiro atoms. The van der Waals surface area contributed by atoms with Gasteiger partial charge in [-0.05, 0) is 18.2 Å². The zero-order valence-corrected chi connectivity index (χ0v) is 13.8. The third kappa shape index (κ3) is 4.35. The number of hydrogen-bond donors (Lipinski definition) is 2. The molecule has 1 fully saturated rings. The molecule has 7 nitrogen and oxygen atoms in total. The zero-order chi connectivity index (χ0) is 17.0. The smallest absolute Gasteiger partial charge is 0.255 e. The summed E-state index contributed by atoms with van der Waals surface area (Å²) in [6.45, 7) is 0.970. The highest BCUT2D eigenvalue weighted by atomic mass is 35.5. The maximum absolute atomic E-state index is 12.2. The lowest BCUT2D eigenvalue weighted by Crippen LogP contribution is -2.51. The molecule has 124 valence electrons. The van der Waals surface area contributed by atoms with Gasteiger partial charge < -0.3 is 20.4 Å². The standard InChI is InChI=1S/C15H19ClN4O3/c1-19(2)15(23)11-4-3-10(16)7-12(11)18-8-14(22)20-6-5-17-13(21)9-20/h3-4,7,18H,5-6,8-9H2,1-2H3,(H,17,21). The van der Waals surface area contributed by atoms with Crippen molar-refractivity contribution in [1.29, 1.82) is 0 Å². The lowest BCUT2D eigenvalue weighted by molar-refractivity contribution is -0.136. The average Bonchev–Trinajstić information content (AvgIpc) is 2.52. The molecule has 1 aromatic rings. The molecular weight excluding hydrogens is 320 g/mol. The number of piperazine rings is 1. The average molecular weight is 339 g/mol. The number of carbonyl (C=O) groups excluding carboxylic acids is 3. The van der Waals surface area contributed by atoms with Gasteiger partial charge in [-0.2, -0.15) is 0 Å². The first-order valence-corrected chi connectivity index (χ1v) is 7.56. The van der Waals surface area contributed by atoms with E-state index >= 15 is 0 Å². The van der Waals surface area contributed by atoms with Crippen molar-refractivity contribution < 1.29 is 14.4 Å². The second-order valence-electron chi connectivity index (χ2n) is 5.41. The molecule has 8 heteroatoms. The summed E-state index contributed by atoms with van der Waals surface area (Å²) < 4.78 is 0. The van der Waals surface area contributed by atoms with Gasteiger partial charge in [-0.3, -0.25) is 14.4 Å². The fourth-order valence-corrected chi connectivity index (χ4v) is 2.40. The van der Waals surface area contributed by atoms with Crippen molar-refractivity contribution in [3.63, 3.8) is 0 Å². The molecule has 23 heavy (non-hydrogen) atoms. The SMILES string of the molecule is CN(C)C(=O)c1ccc(Cl)cc1NCC(=O)N1CCNC(=O)C1. The molecule has 3 amide bonds. The van der Waals surface area contributed by atoms with Crippen molar-refractivity contribution in [2.24, 2.45) is 0 Å². The molecule has 1 saturated heterocycles. The summed E-state index contributed by atoms with van der Waals surface area (Å²) in [5.41, 5.74) is 0.926. The Balaban J connectivity index is 2.07. The van der Waals surface area contributed by atoms with Crippen LogP contribution >= 0.6 is 11.6 Å². The van der Waals surface area contributed by atoms with Crippen LogP contribution in [0.15, 0.2) is 18.2 Å². The molecule has 1 aliphatic rings. The summed E-state index contributed by atoms with van der Waals surface area (Å²) in [6.07, 6.45) is 0. The number of amides is 3. The van der Waals surface area contributed by atoms with Gasteiger partial charge in [-0.15, -0.1) is 0 Å². The highest BCUT2D eigenvalue weighted by molar-refractivity contribution is 6.31. The fourth-order valence-electron chi connectivity index (χ4n) is 2.22. The summed E-state index contributed by atoms with van der Waals surface area (Å²) in [6, 6.07) is 4.85. The Morgan fingerprint density at radius 3 is 2.78 bits per heavy atom. The first-order chi connectivity index (χ1) is 10.9. The molecule has 0 aliphatic carbocycles. The molecule has 0 radical (unpaired) electrons. The monoisotopic (exact) mass is 338 g/mol. The number of anilines is 1. The largest absolute Gasteiger partial charge is 0.375 e. The Kier molecular flexibility index (Phi) is 5.44. The maximum atomic E-state index is 12.2. The number of nitrogens with zero attached hydrogens (tertiary/aromatic N) is 2. The molecule has 2 rings (SSSR count). The van der Waals surface area contributed by atoms with Gasteiger partial charge in [0, 0.05) is 37.9 Å². The number of benzene rings is 1. The van der Waals surface area contributed by atoms with E-state index in [0.29, 0.717) is 29.4 Å². The number of nitrogens with one attached hydrogen (secondary N) is 2. The predicted molar refractivity (Wildman–Crippen MR) is 87.5 cm³/mol. The Morgan fingerprint density at radius 2 is 2.13 bits per heavy atom. The van der Waals surface area contributed by atoms with E-state index < -0.39 is 0 Å². The molecule has 2 N–H and O–H groups in total. The van der Waals surface area contributed by atoms with Crippen molar-refractivity contribution in [3.05, 3.63) is 28.8 Å². The highest BCUT2D eigenvalue weighted by Gasteiger charge is 2.21. The Hall–Kier alpha value is -2.28. The van der Waals surface area contributed by atoms with Crippen LogP contribution in [-0.4, -0.2) is 67.8 Å². The minimum atomic E-state index is -0.205. The van der Waals surface area contributed by atoms with E-state index in [0.717, 1.165) is 0 Å². The quantitative estimate of drug-likeness (QED) is 0.833. The van der Waals surface area contributed by atoms with Crippen molar-refractivity contribution in [2.45, 2.75) is 0 Å². The molecule has 1 heterocycles. The Bertz CT molecular complexity index is 633. The van der Waals surface area contributed by atoms with E-state index in [9.17, 15) is 14.4 Å². The number of halogens is 1. The lowest BCUT2D eigenvalue weighted by atomic mass is 10.1. The normalized spacial score (nSPS) is 14.2. The van der Waals surface area contributed by atoms with Crippen LogP contribution in [0.25, 0.3) is 0 Å². The van der Waals surface area contributed by atoms with E-state index in [1.54, 1.807) is 32.3 Å². The van der Waals surface area contributed by atoms with Crippen LogP contribution in [0.3, 0.4) is 0 Å². The highest BCUT2D eigenvalue weighted by Crippen LogP contribution is 2.22. The maximum Gasteiger partial charge on any atom is 0.255 e. The third-order valence-electron chi connectivity index (χ3n) is 3.44. The Morgan fingerprint density at radius 1 is 1.39 bits per heavy atom. The summed E-state index contributed by atoms with van der Waals surface area (Å²) in [4.78, 5) is 38.6. The van der Waals surface area contributed by atoms with Crippen LogP contribution in [0.4, 0.5) is 5.69 Å². The van der Waals surface area contributed by atoms with Crippen LogP contribution in [0, 0.1) is 0 Å².